The molecule has 0 bridgehead atoms. The lowest BCUT2D eigenvalue weighted by molar-refractivity contribution is 0.102. The largest absolute Gasteiger partial charge is 0.378 e. The van der Waals surface area contributed by atoms with E-state index in [9.17, 15) is 4.79 Å². The Morgan fingerprint density at radius 2 is 2.10 bits per heavy atom. The molecule has 6 heteroatoms. The topological polar surface area (TPSA) is 70.2 Å². The molecule has 1 unspecified atom stereocenters. The van der Waals surface area contributed by atoms with E-state index < -0.39 is 0 Å². The molecule has 1 atom stereocenters. The van der Waals surface area contributed by atoms with E-state index in [0.717, 1.165) is 50.5 Å². The fourth-order valence-electron chi connectivity index (χ4n) is 4.38. The van der Waals surface area contributed by atoms with Crippen molar-refractivity contribution in [2.45, 2.75) is 26.2 Å². The number of carbonyl (C=O) groups excluding carboxylic acids is 1. The number of ether oxygens (including phenoxy) is 1. The number of aromatic nitrogens is 2. The smallest absolute Gasteiger partial charge is 0.255 e. The number of aryl methyl sites for hydroxylation is 1. The van der Waals surface area contributed by atoms with Gasteiger partial charge in [-0.05, 0) is 61.1 Å². The van der Waals surface area contributed by atoms with Gasteiger partial charge in [-0.15, -0.1) is 0 Å². The Morgan fingerprint density at radius 3 is 2.90 bits per heavy atom. The Labute approximate surface area is 170 Å². The van der Waals surface area contributed by atoms with Crippen molar-refractivity contribution in [1.29, 1.82) is 0 Å². The van der Waals surface area contributed by atoms with Gasteiger partial charge in [0.25, 0.3) is 5.91 Å². The first kappa shape index (κ1) is 18.2. The predicted molar refractivity (Wildman–Crippen MR) is 115 cm³/mol. The number of hydrogen-bond acceptors (Lipinski definition) is 4. The van der Waals surface area contributed by atoms with Crippen LogP contribution in [-0.4, -0.2) is 42.2 Å². The van der Waals surface area contributed by atoms with Crippen molar-refractivity contribution in [3.8, 4) is 0 Å². The van der Waals surface area contributed by atoms with Crippen LogP contribution in [0.1, 0.15) is 35.0 Å². The molecule has 0 saturated carbocycles. The van der Waals surface area contributed by atoms with E-state index in [1.54, 1.807) is 6.20 Å². The first-order chi connectivity index (χ1) is 14.2. The lowest BCUT2D eigenvalue weighted by Gasteiger charge is -2.27. The van der Waals surface area contributed by atoms with E-state index in [1.807, 2.05) is 30.3 Å². The van der Waals surface area contributed by atoms with Gasteiger partial charge in [-0.2, -0.15) is 0 Å². The van der Waals surface area contributed by atoms with Crippen LogP contribution in [0.15, 0.2) is 36.5 Å². The molecule has 1 aromatic carbocycles. The molecule has 0 radical (unpaired) electrons. The number of H-pyrrole nitrogens is 1. The summed E-state index contributed by atoms with van der Waals surface area (Å²) in [5, 5.41) is 4.16. The summed E-state index contributed by atoms with van der Waals surface area (Å²) in [6.07, 6.45) is 5.11. The number of aromatic amines is 1. The Kier molecular flexibility index (Phi) is 4.72. The molecular formula is C23H26N4O2. The summed E-state index contributed by atoms with van der Waals surface area (Å²) < 4.78 is 5.38. The van der Waals surface area contributed by atoms with Gasteiger partial charge >= 0.3 is 0 Å². The second-order valence-corrected chi connectivity index (χ2v) is 8.15. The minimum absolute atomic E-state index is 0.105. The van der Waals surface area contributed by atoms with Gasteiger partial charge in [0, 0.05) is 35.2 Å². The van der Waals surface area contributed by atoms with E-state index in [2.05, 4.69) is 27.1 Å². The lowest BCUT2D eigenvalue weighted by atomic mass is 9.87. The average Bonchev–Trinajstić information content (AvgIpc) is 3.12. The summed E-state index contributed by atoms with van der Waals surface area (Å²) in [6.45, 7) is 5.44. The molecule has 1 aliphatic carbocycles. The number of pyridine rings is 1. The third-order valence-corrected chi connectivity index (χ3v) is 6.04. The standard InChI is InChI=1S/C23H26N4O2/c1-15-2-5-20-18(12-15)19-13-16(3-6-21(19)26-20)23(28)25-17-4-7-22(24-14-17)27-8-10-29-11-9-27/h3-4,6-7,13-15,26H,2,5,8-12H2,1H3,(H,25,28). The zero-order valence-electron chi connectivity index (χ0n) is 16.7. The molecule has 150 valence electrons. The van der Waals surface area contributed by atoms with Crippen molar-refractivity contribution in [2.75, 3.05) is 36.5 Å². The number of anilines is 2. The lowest BCUT2D eigenvalue weighted by Crippen LogP contribution is -2.36. The van der Waals surface area contributed by atoms with Crippen LogP contribution >= 0.6 is 0 Å². The van der Waals surface area contributed by atoms with Crippen LogP contribution in [0.4, 0.5) is 11.5 Å². The number of carbonyl (C=O) groups is 1. The van der Waals surface area contributed by atoms with Gasteiger partial charge in [0.2, 0.25) is 0 Å². The fraction of sp³-hybridized carbons (Fsp3) is 0.391. The zero-order chi connectivity index (χ0) is 19.8. The van der Waals surface area contributed by atoms with Crippen LogP contribution in [0.5, 0.6) is 0 Å². The summed E-state index contributed by atoms with van der Waals surface area (Å²) in [5.74, 6) is 1.50. The highest BCUT2D eigenvalue weighted by molar-refractivity contribution is 6.06. The quantitative estimate of drug-likeness (QED) is 0.714. The van der Waals surface area contributed by atoms with Crippen molar-refractivity contribution < 1.29 is 9.53 Å². The van der Waals surface area contributed by atoms with Gasteiger partial charge in [-0.25, -0.2) is 4.98 Å². The third kappa shape index (κ3) is 3.60. The van der Waals surface area contributed by atoms with E-state index in [4.69, 9.17) is 4.74 Å². The molecule has 1 fully saturated rings. The highest BCUT2D eigenvalue weighted by atomic mass is 16.5. The summed E-state index contributed by atoms with van der Waals surface area (Å²) in [5.41, 5.74) is 5.22. The first-order valence-corrected chi connectivity index (χ1v) is 10.4. The molecule has 0 spiro atoms. The van der Waals surface area contributed by atoms with E-state index >= 15 is 0 Å². The molecule has 2 N–H and O–H groups in total. The second kappa shape index (κ2) is 7.52. The molecule has 2 aromatic heterocycles. The summed E-state index contributed by atoms with van der Waals surface area (Å²) in [7, 11) is 0. The molecule has 29 heavy (non-hydrogen) atoms. The normalized spacial score (nSPS) is 19.2. The van der Waals surface area contributed by atoms with Crippen LogP contribution in [0.2, 0.25) is 0 Å². The number of amides is 1. The number of nitrogens with one attached hydrogen (secondary N) is 2. The molecule has 6 nitrogen and oxygen atoms in total. The van der Waals surface area contributed by atoms with Crippen LogP contribution in [0.3, 0.4) is 0 Å². The maximum atomic E-state index is 12.8. The van der Waals surface area contributed by atoms with Crippen LogP contribution < -0.4 is 10.2 Å². The van der Waals surface area contributed by atoms with Crippen LogP contribution in [-0.2, 0) is 17.6 Å². The number of rotatable bonds is 3. The van der Waals surface area contributed by atoms with Gasteiger partial charge in [0.15, 0.2) is 0 Å². The van der Waals surface area contributed by atoms with Gasteiger partial charge in [-0.3, -0.25) is 4.79 Å². The molecule has 3 aromatic rings. The molecule has 1 aliphatic heterocycles. The van der Waals surface area contributed by atoms with Crippen molar-refractivity contribution in [2.24, 2.45) is 5.92 Å². The summed E-state index contributed by atoms with van der Waals surface area (Å²) >= 11 is 0. The van der Waals surface area contributed by atoms with Crippen molar-refractivity contribution in [1.82, 2.24) is 9.97 Å². The SMILES string of the molecule is CC1CCc2[nH]c3ccc(C(=O)Nc4ccc(N5CCOCC5)nc4)cc3c2C1. The second-order valence-electron chi connectivity index (χ2n) is 8.15. The van der Waals surface area contributed by atoms with E-state index in [-0.39, 0.29) is 5.91 Å². The van der Waals surface area contributed by atoms with Crippen molar-refractivity contribution in [3.63, 3.8) is 0 Å². The molecular weight excluding hydrogens is 364 g/mol. The van der Waals surface area contributed by atoms with Crippen molar-refractivity contribution in [3.05, 3.63) is 53.3 Å². The maximum Gasteiger partial charge on any atom is 0.255 e. The number of morpholine rings is 1. The monoisotopic (exact) mass is 390 g/mol. The van der Waals surface area contributed by atoms with E-state index in [1.165, 1.54) is 23.1 Å². The Morgan fingerprint density at radius 1 is 1.24 bits per heavy atom. The van der Waals surface area contributed by atoms with Crippen LogP contribution in [0.25, 0.3) is 10.9 Å². The zero-order valence-corrected chi connectivity index (χ0v) is 16.7. The highest BCUT2D eigenvalue weighted by Gasteiger charge is 2.20. The first-order valence-electron chi connectivity index (χ1n) is 10.4. The maximum absolute atomic E-state index is 12.8. The number of benzene rings is 1. The van der Waals surface area contributed by atoms with Gasteiger partial charge in [0.1, 0.15) is 5.82 Å². The Balaban J connectivity index is 1.34. The van der Waals surface area contributed by atoms with Crippen molar-refractivity contribution >= 4 is 28.3 Å². The van der Waals surface area contributed by atoms with Gasteiger partial charge in [0.05, 0.1) is 25.1 Å². The van der Waals surface area contributed by atoms with Gasteiger partial charge in [-0.1, -0.05) is 6.92 Å². The minimum Gasteiger partial charge on any atom is -0.378 e. The summed E-state index contributed by atoms with van der Waals surface area (Å²) in [4.78, 5) is 23.1. The van der Waals surface area contributed by atoms with Crippen LogP contribution in [0, 0.1) is 5.92 Å². The Bertz CT molecular complexity index is 1030. The highest BCUT2D eigenvalue weighted by Crippen LogP contribution is 2.32. The minimum atomic E-state index is -0.105. The molecule has 1 amide bonds. The molecule has 5 rings (SSSR count). The Hall–Kier alpha value is -2.86. The summed E-state index contributed by atoms with van der Waals surface area (Å²) in [6, 6.07) is 9.79. The van der Waals surface area contributed by atoms with Gasteiger partial charge < -0.3 is 19.9 Å². The number of hydrogen-bond donors (Lipinski definition) is 2. The molecule has 1 saturated heterocycles. The number of fused-ring (bicyclic) bond motifs is 3. The van der Waals surface area contributed by atoms with E-state index in [0.29, 0.717) is 17.2 Å². The molecule has 2 aliphatic rings. The third-order valence-electron chi connectivity index (χ3n) is 6.04. The predicted octanol–water partition coefficient (Wildman–Crippen LogP) is 3.78. The molecule has 3 heterocycles. The number of nitrogens with zero attached hydrogens (tertiary/aromatic N) is 2. The fourth-order valence-corrected chi connectivity index (χ4v) is 4.38. The average molecular weight is 390 g/mol.